The summed E-state index contributed by atoms with van der Waals surface area (Å²) in [6.45, 7) is 0.950. The van der Waals surface area contributed by atoms with Crippen molar-refractivity contribution in [3.05, 3.63) is 81.6 Å². The number of pyridine rings is 1. The highest BCUT2D eigenvalue weighted by Gasteiger charge is 2.23. The minimum Gasteiger partial charge on any atom is -0.373 e. The van der Waals surface area contributed by atoms with Crippen LogP contribution in [0.15, 0.2) is 59.4 Å². The van der Waals surface area contributed by atoms with Gasteiger partial charge in [0.25, 0.3) is 0 Å². The van der Waals surface area contributed by atoms with E-state index in [0.717, 1.165) is 28.5 Å². The number of para-hydroxylation sites is 1. The number of carbonyl (C=O) groups excluding carboxylic acids is 1. The first-order valence-electron chi connectivity index (χ1n) is 8.78. The average Bonchev–Trinajstić information content (AvgIpc) is 2.66. The summed E-state index contributed by atoms with van der Waals surface area (Å²) in [6.07, 6.45) is 0.946. The molecule has 5 heteroatoms. The van der Waals surface area contributed by atoms with Crippen LogP contribution in [0.4, 0.5) is 0 Å². The summed E-state index contributed by atoms with van der Waals surface area (Å²) in [7, 11) is 0. The molecule has 2 N–H and O–H groups in total. The second kappa shape index (κ2) is 7.14. The number of benzene rings is 2. The highest BCUT2D eigenvalue weighted by atomic mass is 16.5. The third-order valence-corrected chi connectivity index (χ3v) is 4.78. The van der Waals surface area contributed by atoms with Crippen molar-refractivity contribution in [2.75, 3.05) is 6.61 Å². The molecule has 132 valence electrons. The molecule has 4 rings (SSSR count). The van der Waals surface area contributed by atoms with E-state index in [9.17, 15) is 9.59 Å². The second-order valence-electron chi connectivity index (χ2n) is 6.49. The van der Waals surface area contributed by atoms with Crippen molar-refractivity contribution in [3.63, 3.8) is 0 Å². The fraction of sp³-hybridized carbons (Fsp3) is 0.238. The molecule has 1 aliphatic heterocycles. The van der Waals surface area contributed by atoms with Crippen LogP contribution in [-0.2, 0) is 22.5 Å². The summed E-state index contributed by atoms with van der Waals surface area (Å²) >= 11 is 0. The Morgan fingerprint density at radius 3 is 2.88 bits per heavy atom. The quantitative estimate of drug-likeness (QED) is 0.762. The molecule has 1 aromatic heterocycles. The maximum Gasteiger partial charge on any atom is 0.248 e. The smallest absolute Gasteiger partial charge is 0.248 e. The largest absolute Gasteiger partial charge is 0.373 e. The molecule has 0 spiro atoms. The van der Waals surface area contributed by atoms with Crippen LogP contribution in [0.1, 0.15) is 29.2 Å². The third-order valence-electron chi connectivity index (χ3n) is 4.78. The van der Waals surface area contributed by atoms with Crippen LogP contribution in [0.5, 0.6) is 0 Å². The van der Waals surface area contributed by atoms with E-state index in [1.54, 1.807) is 0 Å². The Balaban J connectivity index is 1.47. The number of carbonyl (C=O) groups is 1. The highest BCUT2D eigenvalue weighted by molar-refractivity contribution is 5.83. The Morgan fingerprint density at radius 2 is 1.96 bits per heavy atom. The molecule has 3 aromatic rings. The molecule has 0 fully saturated rings. The second-order valence-corrected chi connectivity index (χ2v) is 6.49. The van der Waals surface area contributed by atoms with Crippen molar-refractivity contribution < 1.29 is 9.53 Å². The molecule has 1 atom stereocenters. The number of nitrogens with one attached hydrogen (secondary N) is 2. The van der Waals surface area contributed by atoms with Gasteiger partial charge in [-0.25, -0.2) is 0 Å². The van der Waals surface area contributed by atoms with E-state index >= 15 is 0 Å². The van der Waals surface area contributed by atoms with Gasteiger partial charge in [-0.05, 0) is 29.2 Å². The summed E-state index contributed by atoms with van der Waals surface area (Å²) in [6, 6.07) is 17.2. The summed E-state index contributed by atoms with van der Waals surface area (Å²) in [5, 5.41) is 3.86. The van der Waals surface area contributed by atoms with Crippen LogP contribution in [0.25, 0.3) is 10.9 Å². The standard InChI is InChI=1S/C21H20N2O3/c24-20(12-19-17-7-2-1-5-14(17)9-10-26-19)22-13-15-11-21(25)23-18-8-4-3-6-16(15)18/h1-8,11,19H,9-10,12-13H2,(H,22,24)(H,23,25)/t19-/m1/s1. The molecular formula is C21H20N2O3. The topological polar surface area (TPSA) is 71.2 Å². The monoisotopic (exact) mass is 348 g/mol. The molecular weight excluding hydrogens is 328 g/mol. The molecule has 0 unspecified atom stereocenters. The van der Waals surface area contributed by atoms with Gasteiger partial charge in [0, 0.05) is 23.5 Å². The first-order valence-corrected chi connectivity index (χ1v) is 8.78. The number of hydrogen-bond acceptors (Lipinski definition) is 3. The Morgan fingerprint density at radius 1 is 1.15 bits per heavy atom. The fourth-order valence-electron chi connectivity index (χ4n) is 3.50. The molecule has 0 aliphatic carbocycles. The molecule has 0 bridgehead atoms. The van der Waals surface area contributed by atoms with Gasteiger partial charge in [-0.3, -0.25) is 9.59 Å². The Hall–Kier alpha value is -2.92. The minimum atomic E-state index is -0.212. The molecule has 5 nitrogen and oxygen atoms in total. The van der Waals surface area contributed by atoms with Crippen molar-refractivity contribution in [1.82, 2.24) is 10.3 Å². The normalized spacial score (nSPS) is 16.2. The van der Waals surface area contributed by atoms with Gasteiger partial charge in [-0.15, -0.1) is 0 Å². The molecule has 2 heterocycles. The zero-order valence-electron chi connectivity index (χ0n) is 14.3. The van der Waals surface area contributed by atoms with Crippen LogP contribution >= 0.6 is 0 Å². The van der Waals surface area contributed by atoms with Gasteiger partial charge in [0.2, 0.25) is 11.5 Å². The van der Waals surface area contributed by atoms with Gasteiger partial charge in [0.05, 0.1) is 19.1 Å². The summed E-state index contributed by atoms with van der Waals surface area (Å²) in [5.74, 6) is -0.0870. The first kappa shape index (κ1) is 16.5. The molecule has 0 saturated heterocycles. The molecule has 26 heavy (non-hydrogen) atoms. The van der Waals surface area contributed by atoms with Gasteiger partial charge in [0.15, 0.2) is 0 Å². The van der Waals surface area contributed by atoms with Crippen molar-refractivity contribution in [3.8, 4) is 0 Å². The van der Waals surface area contributed by atoms with Crippen molar-refractivity contribution in [2.24, 2.45) is 0 Å². The lowest BCUT2D eigenvalue weighted by atomic mass is 9.95. The maximum atomic E-state index is 12.4. The van der Waals surface area contributed by atoms with Crippen LogP contribution in [0.3, 0.4) is 0 Å². The number of aromatic nitrogens is 1. The van der Waals surface area contributed by atoms with Gasteiger partial charge in [-0.2, -0.15) is 0 Å². The number of hydrogen-bond donors (Lipinski definition) is 2. The number of H-pyrrole nitrogens is 1. The third kappa shape index (κ3) is 3.39. The number of amides is 1. The predicted octanol–water partition coefficient (Wildman–Crippen LogP) is 2.85. The lowest BCUT2D eigenvalue weighted by Crippen LogP contribution is -2.28. The number of fused-ring (bicyclic) bond motifs is 2. The predicted molar refractivity (Wildman–Crippen MR) is 99.9 cm³/mol. The van der Waals surface area contributed by atoms with E-state index in [2.05, 4.69) is 16.4 Å². The Kier molecular flexibility index (Phi) is 4.54. The maximum absolute atomic E-state index is 12.4. The van der Waals surface area contributed by atoms with Crippen LogP contribution in [0, 0.1) is 0 Å². The summed E-state index contributed by atoms with van der Waals surface area (Å²) < 4.78 is 5.80. The van der Waals surface area contributed by atoms with Crippen molar-refractivity contribution in [2.45, 2.75) is 25.5 Å². The van der Waals surface area contributed by atoms with Crippen LogP contribution < -0.4 is 10.9 Å². The van der Waals surface area contributed by atoms with Crippen LogP contribution in [0.2, 0.25) is 0 Å². The average molecular weight is 348 g/mol. The molecule has 1 amide bonds. The Labute approximate surface area is 151 Å². The van der Waals surface area contributed by atoms with Crippen LogP contribution in [-0.4, -0.2) is 17.5 Å². The van der Waals surface area contributed by atoms with E-state index in [0.29, 0.717) is 13.2 Å². The highest BCUT2D eigenvalue weighted by Crippen LogP contribution is 2.29. The molecule has 2 aromatic carbocycles. The first-order chi connectivity index (χ1) is 12.7. The molecule has 0 saturated carbocycles. The zero-order chi connectivity index (χ0) is 17.9. The number of aromatic amines is 1. The van der Waals surface area contributed by atoms with E-state index in [-0.39, 0.29) is 24.0 Å². The number of ether oxygens (including phenoxy) is 1. The van der Waals surface area contributed by atoms with Gasteiger partial charge in [-0.1, -0.05) is 42.5 Å². The van der Waals surface area contributed by atoms with E-state index in [4.69, 9.17) is 4.74 Å². The number of rotatable bonds is 4. The zero-order valence-corrected chi connectivity index (χ0v) is 14.3. The van der Waals surface area contributed by atoms with E-state index in [1.165, 1.54) is 11.6 Å². The summed E-state index contributed by atoms with van der Waals surface area (Å²) in [5.41, 5.74) is 3.75. The SMILES string of the molecule is O=C(C[C@H]1OCCc2ccccc21)NCc1cc(=O)[nH]c2ccccc12. The van der Waals surface area contributed by atoms with E-state index < -0.39 is 0 Å². The fourth-order valence-corrected chi connectivity index (χ4v) is 3.50. The lowest BCUT2D eigenvalue weighted by molar-refractivity contribution is -0.124. The van der Waals surface area contributed by atoms with Crippen molar-refractivity contribution >= 4 is 16.8 Å². The van der Waals surface area contributed by atoms with Gasteiger partial charge < -0.3 is 15.0 Å². The Bertz CT molecular complexity index is 1010. The molecule has 1 aliphatic rings. The van der Waals surface area contributed by atoms with Crippen molar-refractivity contribution in [1.29, 1.82) is 0 Å². The minimum absolute atomic E-state index is 0.0870. The van der Waals surface area contributed by atoms with Gasteiger partial charge >= 0.3 is 0 Å². The summed E-state index contributed by atoms with van der Waals surface area (Å²) in [4.78, 5) is 27.1. The lowest BCUT2D eigenvalue weighted by Gasteiger charge is -2.25. The van der Waals surface area contributed by atoms with Gasteiger partial charge in [0.1, 0.15) is 0 Å². The van der Waals surface area contributed by atoms with E-state index in [1.807, 2.05) is 42.5 Å². The molecule has 0 radical (unpaired) electrons.